The highest BCUT2D eigenvalue weighted by Crippen LogP contribution is 2.14. The molecule has 0 fully saturated rings. The van der Waals surface area contributed by atoms with Gasteiger partial charge >= 0.3 is 0 Å². The third kappa shape index (κ3) is 1.47. The van der Waals surface area contributed by atoms with E-state index in [0.29, 0.717) is 0 Å². The van der Waals surface area contributed by atoms with Crippen molar-refractivity contribution >= 4 is 11.8 Å². The van der Waals surface area contributed by atoms with E-state index in [1.807, 2.05) is 11.8 Å². The maximum Gasteiger partial charge on any atom is 0.0997 e. The lowest BCUT2D eigenvalue weighted by Crippen LogP contribution is -2.30. The van der Waals surface area contributed by atoms with Gasteiger partial charge in [0.15, 0.2) is 0 Å². The molecule has 5 heteroatoms. The lowest BCUT2D eigenvalue weighted by molar-refractivity contribution is 0.295. The highest BCUT2D eigenvalue weighted by Gasteiger charge is 2.17. The highest BCUT2D eigenvalue weighted by molar-refractivity contribution is 7.98. The number of fused-ring (bicyclic) bond motifs is 1. The molecule has 4 nitrogen and oxygen atoms in total. The van der Waals surface area contributed by atoms with Gasteiger partial charge in [0.2, 0.25) is 0 Å². The van der Waals surface area contributed by atoms with Gasteiger partial charge in [-0.3, -0.25) is 10.00 Å². The predicted octanol–water partition coefficient (Wildman–Crippen LogP) is 0.483. The van der Waals surface area contributed by atoms with Crippen molar-refractivity contribution in [1.82, 2.24) is 20.3 Å². The Kier molecular flexibility index (Phi) is 2.32. The molecule has 2 heterocycles. The van der Waals surface area contributed by atoms with E-state index in [4.69, 9.17) is 0 Å². The fraction of sp³-hybridized carbons (Fsp3) is 0.714. The standard InChI is InChI=1S/C7H12N4S/c1-12-5-11-3-2-6-7(4-11)9-10-8-6/h2-5H2,1H3,(H,8,9,10). The van der Waals surface area contributed by atoms with Gasteiger partial charge in [-0.15, -0.1) is 16.9 Å². The number of rotatable bonds is 2. The maximum atomic E-state index is 4.03. The molecule has 12 heavy (non-hydrogen) atoms. The van der Waals surface area contributed by atoms with Gasteiger partial charge in [0.05, 0.1) is 11.4 Å². The van der Waals surface area contributed by atoms with Crippen LogP contribution in [-0.4, -0.2) is 39.0 Å². The molecule has 1 aromatic heterocycles. The number of H-pyrrole nitrogens is 1. The molecule has 0 radical (unpaired) electrons. The molecule has 0 atom stereocenters. The summed E-state index contributed by atoms with van der Waals surface area (Å²) in [4.78, 5) is 2.38. The lowest BCUT2D eigenvalue weighted by Gasteiger charge is -2.23. The van der Waals surface area contributed by atoms with Gasteiger partial charge in [0.1, 0.15) is 0 Å². The monoisotopic (exact) mass is 184 g/mol. The zero-order valence-electron chi connectivity index (χ0n) is 7.08. The normalized spacial score (nSPS) is 17.8. The zero-order chi connectivity index (χ0) is 8.39. The van der Waals surface area contributed by atoms with E-state index in [1.165, 1.54) is 5.69 Å². The van der Waals surface area contributed by atoms with Crippen LogP contribution in [0.25, 0.3) is 0 Å². The molecule has 0 aromatic carbocycles. The van der Waals surface area contributed by atoms with Crippen LogP contribution >= 0.6 is 11.8 Å². The Morgan fingerprint density at radius 3 is 3.42 bits per heavy atom. The van der Waals surface area contributed by atoms with Crippen LogP contribution in [0, 0.1) is 0 Å². The molecule has 0 saturated heterocycles. The Morgan fingerprint density at radius 1 is 1.67 bits per heavy atom. The molecule has 1 aliphatic rings. The topological polar surface area (TPSA) is 44.8 Å². The summed E-state index contributed by atoms with van der Waals surface area (Å²) in [5.41, 5.74) is 2.34. The number of aromatic nitrogens is 3. The van der Waals surface area contributed by atoms with Gasteiger partial charge < -0.3 is 0 Å². The molecule has 0 saturated carbocycles. The van der Waals surface area contributed by atoms with Gasteiger partial charge in [-0.1, -0.05) is 5.21 Å². The number of thioether (sulfide) groups is 1. The Balaban J connectivity index is 2.05. The van der Waals surface area contributed by atoms with Crippen molar-refractivity contribution in [2.24, 2.45) is 0 Å². The van der Waals surface area contributed by atoms with E-state index in [9.17, 15) is 0 Å². The van der Waals surface area contributed by atoms with Crippen molar-refractivity contribution in [2.75, 3.05) is 18.7 Å². The minimum atomic E-state index is 0.951. The second-order valence-electron chi connectivity index (χ2n) is 2.96. The summed E-state index contributed by atoms with van der Waals surface area (Å²) in [6.07, 6.45) is 3.18. The van der Waals surface area contributed by atoms with Gasteiger partial charge in [-0.25, -0.2) is 0 Å². The van der Waals surface area contributed by atoms with Crippen LogP contribution in [-0.2, 0) is 13.0 Å². The van der Waals surface area contributed by atoms with Crippen molar-refractivity contribution in [2.45, 2.75) is 13.0 Å². The smallest absolute Gasteiger partial charge is 0.0997 e. The number of nitrogens with zero attached hydrogens (tertiary/aromatic N) is 3. The second kappa shape index (κ2) is 3.45. The van der Waals surface area contributed by atoms with E-state index < -0.39 is 0 Å². The summed E-state index contributed by atoms with van der Waals surface area (Å²) >= 11 is 1.85. The second-order valence-corrected chi connectivity index (χ2v) is 3.79. The van der Waals surface area contributed by atoms with Crippen LogP contribution in [0.2, 0.25) is 0 Å². The molecule has 0 unspecified atom stereocenters. The van der Waals surface area contributed by atoms with Crippen LogP contribution < -0.4 is 0 Å². The quantitative estimate of drug-likeness (QED) is 0.726. The largest absolute Gasteiger partial charge is 0.288 e. The molecule has 1 N–H and O–H groups in total. The summed E-state index contributed by atoms with van der Waals surface area (Å²) in [5, 5.41) is 10.7. The molecule has 0 aliphatic carbocycles. The average molecular weight is 184 g/mol. The first kappa shape index (κ1) is 8.07. The summed E-state index contributed by atoms with van der Waals surface area (Å²) in [5.74, 6) is 1.09. The molecule has 1 aliphatic heterocycles. The molecule has 2 rings (SSSR count). The van der Waals surface area contributed by atoms with Crippen LogP contribution in [0.4, 0.5) is 0 Å². The van der Waals surface area contributed by atoms with Crippen LogP contribution in [0.1, 0.15) is 11.4 Å². The Bertz CT molecular complexity index is 260. The molecule has 0 spiro atoms. The first-order valence-electron chi connectivity index (χ1n) is 4.00. The van der Waals surface area contributed by atoms with Crippen molar-refractivity contribution in [3.8, 4) is 0 Å². The molecule has 66 valence electrons. The summed E-state index contributed by atoms with van der Waals surface area (Å²) in [6.45, 7) is 2.07. The molecule has 1 aromatic rings. The SMILES string of the molecule is CSCN1CCc2[nH]nnc2C1. The Labute approximate surface area is 75.7 Å². The van der Waals surface area contributed by atoms with E-state index in [-0.39, 0.29) is 0 Å². The minimum absolute atomic E-state index is 0.951. The van der Waals surface area contributed by atoms with Crippen LogP contribution in [0.15, 0.2) is 0 Å². The summed E-state index contributed by atoms with van der Waals surface area (Å²) in [7, 11) is 0. The van der Waals surface area contributed by atoms with Gasteiger partial charge in [0.25, 0.3) is 0 Å². The third-order valence-corrected chi connectivity index (χ3v) is 2.69. The molecule has 0 amide bonds. The maximum absolute atomic E-state index is 4.03. The molecular formula is C7H12N4S. The van der Waals surface area contributed by atoms with Crippen molar-refractivity contribution < 1.29 is 0 Å². The van der Waals surface area contributed by atoms with E-state index in [2.05, 4.69) is 26.6 Å². The fourth-order valence-corrected chi connectivity index (χ4v) is 2.04. The Hall–Kier alpha value is -0.550. The van der Waals surface area contributed by atoms with Gasteiger partial charge in [0, 0.05) is 25.4 Å². The van der Waals surface area contributed by atoms with Crippen LogP contribution in [0.3, 0.4) is 0 Å². The van der Waals surface area contributed by atoms with E-state index in [1.54, 1.807) is 0 Å². The lowest BCUT2D eigenvalue weighted by atomic mass is 10.2. The van der Waals surface area contributed by atoms with Gasteiger partial charge in [-0.2, -0.15) is 0 Å². The first-order chi connectivity index (χ1) is 5.90. The zero-order valence-corrected chi connectivity index (χ0v) is 7.89. The predicted molar refractivity (Wildman–Crippen MR) is 48.9 cm³/mol. The van der Waals surface area contributed by atoms with Crippen molar-refractivity contribution in [1.29, 1.82) is 0 Å². The van der Waals surface area contributed by atoms with E-state index in [0.717, 1.165) is 31.1 Å². The van der Waals surface area contributed by atoms with E-state index >= 15 is 0 Å². The van der Waals surface area contributed by atoms with Crippen molar-refractivity contribution in [3.05, 3.63) is 11.4 Å². The first-order valence-corrected chi connectivity index (χ1v) is 5.39. The Morgan fingerprint density at radius 2 is 2.58 bits per heavy atom. The summed E-state index contributed by atoms with van der Waals surface area (Å²) < 4.78 is 0. The van der Waals surface area contributed by atoms with Crippen LogP contribution in [0.5, 0.6) is 0 Å². The third-order valence-electron chi connectivity index (χ3n) is 2.07. The molecule has 0 bridgehead atoms. The average Bonchev–Trinajstić information content (AvgIpc) is 2.51. The number of hydrogen-bond acceptors (Lipinski definition) is 4. The number of hydrogen-bond donors (Lipinski definition) is 1. The molecular weight excluding hydrogens is 172 g/mol. The number of nitrogens with one attached hydrogen (secondary N) is 1. The minimum Gasteiger partial charge on any atom is -0.288 e. The highest BCUT2D eigenvalue weighted by atomic mass is 32.2. The number of aromatic amines is 1. The fourth-order valence-electron chi connectivity index (χ4n) is 1.45. The summed E-state index contributed by atoms with van der Waals surface area (Å²) in [6, 6.07) is 0. The van der Waals surface area contributed by atoms with Gasteiger partial charge in [-0.05, 0) is 6.26 Å². The van der Waals surface area contributed by atoms with Crippen molar-refractivity contribution in [3.63, 3.8) is 0 Å².